The van der Waals surface area contributed by atoms with Crippen LogP contribution in [0, 0.1) is 0 Å². The minimum absolute atomic E-state index is 1.05. The van der Waals surface area contributed by atoms with Gasteiger partial charge in [0.25, 0.3) is 0 Å². The third-order valence-electron chi connectivity index (χ3n) is 1.51. The van der Waals surface area contributed by atoms with E-state index in [1.807, 2.05) is 23.6 Å². The van der Waals surface area contributed by atoms with Crippen LogP contribution in [0.3, 0.4) is 0 Å². The molecule has 3 heteroatoms. The zero-order chi connectivity index (χ0) is 7.68. The van der Waals surface area contributed by atoms with Gasteiger partial charge >= 0.3 is 0 Å². The van der Waals surface area contributed by atoms with Crippen molar-refractivity contribution in [3.8, 4) is 0 Å². The molecule has 0 radical (unpaired) electrons. The molecule has 56 valence electrons. The lowest BCUT2D eigenvalue weighted by Gasteiger charge is -2.00. The normalized spacial score (nSPS) is 14.8. The van der Waals surface area contributed by atoms with Crippen LogP contribution in [-0.2, 0) is 0 Å². The predicted molar refractivity (Wildman–Crippen MR) is 46.0 cm³/mol. The van der Waals surface area contributed by atoms with Crippen LogP contribution in [0.4, 0.5) is 0 Å². The van der Waals surface area contributed by atoms with Crippen LogP contribution >= 0.6 is 11.3 Å². The standard InChI is InChI=1S/C8H7NOS/c10-9-4-1-7-3-6-11-8(7)2-5-9/h1-6,10H. The smallest absolute Gasteiger partial charge is 0.0358 e. The van der Waals surface area contributed by atoms with Gasteiger partial charge in [0.05, 0.1) is 0 Å². The molecule has 1 aromatic heterocycles. The molecule has 11 heavy (non-hydrogen) atoms. The molecular weight excluding hydrogens is 158 g/mol. The van der Waals surface area contributed by atoms with Gasteiger partial charge in [-0.1, -0.05) is 0 Å². The zero-order valence-corrected chi connectivity index (χ0v) is 6.58. The Labute approximate surface area is 68.7 Å². The Morgan fingerprint density at radius 2 is 2.09 bits per heavy atom. The van der Waals surface area contributed by atoms with Gasteiger partial charge in [-0.05, 0) is 29.2 Å². The number of thiophene rings is 1. The van der Waals surface area contributed by atoms with Crippen LogP contribution in [0.5, 0.6) is 0 Å². The summed E-state index contributed by atoms with van der Waals surface area (Å²) in [5.74, 6) is 0. The molecule has 1 aliphatic rings. The van der Waals surface area contributed by atoms with Crippen molar-refractivity contribution < 1.29 is 5.21 Å². The van der Waals surface area contributed by atoms with E-state index in [0.29, 0.717) is 0 Å². The summed E-state index contributed by atoms with van der Waals surface area (Å²) in [4.78, 5) is 1.18. The first kappa shape index (κ1) is 6.64. The van der Waals surface area contributed by atoms with E-state index in [2.05, 4.69) is 0 Å². The number of fused-ring (bicyclic) bond motifs is 1. The summed E-state index contributed by atoms with van der Waals surface area (Å²) in [6.07, 6.45) is 7.01. The number of hydrogen-bond acceptors (Lipinski definition) is 3. The quantitative estimate of drug-likeness (QED) is 0.638. The maximum absolute atomic E-state index is 9.04. The third kappa shape index (κ3) is 1.20. The van der Waals surface area contributed by atoms with Crippen LogP contribution in [0.15, 0.2) is 23.8 Å². The lowest BCUT2D eigenvalue weighted by Crippen LogP contribution is -1.98. The molecule has 0 bridgehead atoms. The van der Waals surface area contributed by atoms with Gasteiger partial charge in [-0.15, -0.1) is 11.3 Å². The van der Waals surface area contributed by atoms with Gasteiger partial charge in [-0.2, -0.15) is 0 Å². The second kappa shape index (κ2) is 2.53. The lowest BCUT2D eigenvalue weighted by molar-refractivity contribution is 0.0137. The minimum Gasteiger partial charge on any atom is -0.285 e. The molecule has 2 rings (SSSR count). The fourth-order valence-electron chi connectivity index (χ4n) is 0.954. The molecule has 0 unspecified atom stereocenters. The zero-order valence-electron chi connectivity index (χ0n) is 5.77. The first-order valence-electron chi connectivity index (χ1n) is 3.27. The summed E-state index contributed by atoms with van der Waals surface area (Å²) < 4.78 is 0. The summed E-state index contributed by atoms with van der Waals surface area (Å²) in [6.45, 7) is 0. The van der Waals surface area contributed by atoms with Gasteiger partial charge in [-0.3, -0.25) is 5.21 Å². The molecule has 1 N–H and O–H groups in total. The summed E-state index contributed by atoms with van der Waals surface area (Å²) in [5.41, 5.74) is 1.16. The lowest BCUT2D eigenvalue weighted by atomic mass is 10.2. The highest BCUT2D eigenvalue weighted by atomic mass is 32.1. The Morgan fingerprint density at radius 3 is 3.00 bits per heavy atom. The maximum Gasteiger partial charge on any atom is 0.0358 e. The van der Waals surface area contributed by atoms with Gasteiger partial charge in [-0.25, -0.2) is 5.06 Å². The topological polar surface area (TPSA) is 23.5 Å². The second-order valence-electron chi connectivity index (χ2n) is 2.25. The van der Waals surface area contributed by atoms with Crippen LogP contribution in [0.1, 0.15) is 10.4 Å². The molecule has 0 amide bonds. The first-order chi connectivity index (χ1) is 5.36. The Morgan fingerprint density at radius 1 is 1.27 bits per heavy atom. The van der Waals surface area contributed by atoms with Gasteiger partial charge in [0, 0.05) is 17.3 Å². The molecule has 0 saturated heterocycles. The van der Waals surface area contributed by atoms with E-state index >= 15 is 0 Å². The fourth-order valence-corrected chi connectivity index (χ4v) is 1.73. The van der Waals surface area contributed by atoms with Crippen LogP contribution in [0.25, 0.3) is 12.2 Å². The SMILES string of the molecule is ON1C=Cc2ccsc2C=C1. The van der Waals surface area contributed by atoms with Crippen LogP contribution in [0.2, 0.25) is 0 Å². The van der Waals surface area contributed by atoms with E-state index in [0.717, 1.165) is 10.6 Å². The summed E-state index contributed by atoms with van der Waals surface area (Å²) in [6, 6.07) is 2.03. The molecule has 1 aliphatic heterocycles. The van der Waals surface area contributed by atoms with Crippen molar-refractivity contribution in [2.24, 2.45) is 0 Å². The highest BCUT2D eigenvalue weighted by Gasteiger charge is 2.00. The highest BCUT2D eigenvalue weighted by molar-refractivity contribution is 7.11. The molecule has 0 spiro atoms. The second-order valence-corrected chi connectivity index (χ2v) is 3.20. The van der Waals surface area contributed by atoms with Gasteiger partial charge in [0.15, 0.2) is 0 Å². The molecule has 2 heterocycles. The van der Waals surface area contributed by atoms with Crippen molar-refractivity contribution in [3.63, 3.8) is 0 Å². The van der Waals surface area contributed by atoms with Gasteiger partial charge < -0.3 is 0 Å². The molecule has 2 nitrogen and oxygen atoms in total. The Balaban J connectivity index is 2.48. The highest BCUT2D eigenvalue weighted by Crippen LogP contribution is 2.22. The van der Waals surface area contributed by atoms with E-state index in [4.69, 9.17) is 5.21 Å². The van der Waals surface area contributed by atoms with Crippen molar-refractivity contribution in [1.29, 1.82) is 0 Å². The predicted octanol–water partition coefficient (Wildman–Crippen LogP) is 2.39. The van der Waals surface area contributed by atoms with Crippen molar-refractivity contribution in [3.05, 3.63) is 34.3 Å². The number of nitrogens with zero attached hydrogens (tertiary/aromatic N) is 1. The van der Waals surface area contributed by atoms with Crippen molar-refractivity contribution in [2.75, 3.05) is 0 Å². The van der Waals surface area contributed by atoms with E-state index in [9.17, 15) is 0 Å². The Hall–Kier alpha value is -1.06. The molecule has 0 saturated carbocycles. The largest absolute Gasteiger partial charge is 0.285 e. The van der Waals surface area contributed by atoms with E-state index in [-0.39, 0.29) is 0 Å². The number of rotatable bonds is 0. The number of hydroxylamine groups is 2. The first-order valence-corrected chi connectivity index (χ1v) is 4.15. The van der Waals surface area contributed by atoms with Crippen LogP contribution < -0.4 is 0 Å². The average Bonchev–Trinajstić information content (AvgIpc) is 2.38. The van der Waals surface area contributed by atoms with Gasteiger partial charge in [0.2, 0.25) is 0 Å². The molecule has 0 atom stereocenters. The molecule has 0 aromatic carbocycles. The monoisotopic (exact) mass is 165 g/mol. The molecule has 1 aromatic rings. The van der Waals surface area contributed by atoms with Crippen molar-refractivity contribution >= 4 is 23.5 Å². The van der Waals surface area contributed by atoms with Crippen LogP contribution in [-0.4, -0.2) is 10.3 Å². The molecule has 0 aliphatic carbocycles. The minimum atomic E-state index is 1.05. The van der Waals surface area contributed by atoms with Crippen molar-refractivity contribution in [2.45, 2.75) is 0 Å². The maximum atomic E-state index is 9.04. The van der Waals surface area contributed by atoms with Gasteiger partial charge in [0.1, 0.15) is 0 Å². The average molecular weight is 165 g/mol. The van der Waals surface area contributed by atoms with E-state index < -0.39 is 0 Å². The Kier molecular flexibility index (Phi) is 1.52. The van der Waals surface area contributed by atoms with E-state index in [1.165, 1.54) is 4.88 Å². The van der Waals surface area contributed by atoms with Crippen molar-refractivity contribution in [1.82, 2.24) is 5.06 Å². The summed E-state index contributed by atoms with van der Waals surface area (Å²) in [7, 11) is 0. The summed E-state index contributed by atoms with van der Waals surface area (Å²) in [5, 5.41) is 12.1. The molecular formula is C8H7NOS. The number of hydrogen-bond donors (Lipinski definition) is 1. The fraction of sp³-hybridized carbons (Fsp3) is 0. The van der Waals surface area contributed by atoms with E-state index in [1.54, 1.807) is 23.7 Å². The Bertz CT molecular complexity index is 285. The summed E-state index contributed by atoms with van der Waals surface area (Å²) >= 11 is 1.66. The third-order valence-corrected chi connectivity index (χ3v) is 2.41. The molecule has 0 fully saturated rings.